The summed E-state index contributed by atoms with van der Waals surface area (Å²) < 4.78 is 5.69. The highest BCUT2D eigenvalue weighted by molar-refractivity contribution is 6.30. The molecule has 166 valence electrons. The molecule has 0 radical (unpaired) electrons. The number of hydrogen-bond acceptors (Lipinski definition) is 3. The van der Waals surface area contributed by atoms with Crippen molar-refractivity contribution in [3.63, 3.8) is 0 Å². The molecule has 3 rings (SSSR count). The fourth-order valence-corrected chi connectivity index (χ4v) is 4.06. The summed E-state index contributed by atoms with van der Waals surface area (Å²) in [6, 6.07) is 14.6. The second-order valence-electron chi connectivity index (χ2n) is 8.16. The highest BCUT2D eigenvalue weighted by Gasteiger charge is 2.30. The van der Waals surface area contributed by atoms with Crippen molar-refractivity contribution in [3.8, 4) is 5.75 Å². The summed E-state index contributed by atoms with van der Waals surface area (Å²) in [5, 5.41) is 3.76. The molecule has 0 saturated heterocycles. The van der Waals surface area contributed by atoms with Gasteiger partial charge >= 0.3 is 0 Å². The van der Waals surface area contributed by atoms with Crippen molar-refractivity contribution >= 4 is 23.4 Å². The maximum Gasteiger partial charge on any atom is 0.261 e. The summed E-state index contributed by atoms with van der Waals surface area (Å²) in [6.45, 7) is 4.19. The van der Waals surface area contributed by atoms with Crippen LogP contribution in [-0.2, 0) is 16.1 Å². The molecule has 0 aliphatic heterocycles. The molecule has 31 heavy (non-hydrogen) atoms. The van der Waals surface area contributed by atoms with Crippen molar-refractivity contribution in [1.82, 2.24) is 10.2 Å². The van der Waals surface area contributed by atoms with Crippen LogP contribution in [0, 0.1) is 6.92 Å². The van der Waals surface area contributed by atoms with E-state index in [1.165, 1.54) is 0 Å². The van der Waals surface area contributed by atoms with Crippen LogP contribution in [0.5, 0.6) is 5.75 Å². The molecule has 1 unspecified atom stereocenters. The van der Waals surface area contributed by atoms with E-state index in [0.29, 0.717) is 23.7 Å². The Balaban J connectivity index is 1.74. The number of nitrogens with one attached hydrogen (secondary N) is 1. The molecule has 1 aliphatic carbocycles. The Morgan fingerprint density at radius 3 is 2.35 bits per heavy atom. The average molecular weight is 443 g/mol. The predicted octanol–water partition coefficient (Wildman–Crippen LogP) is 4.89. The molecule has 0 bridgehead atoms. The summed E-state index contributed by atoms with van der Waals surface area (Å²) in [5.74, 6) is 0.266. The van der Waals surface area contributed by atoms with Gasteiger partial charge in [0.15, 0.2) is 6.61 Å². The first kappa shape index (κ1) is 23.1. The van der Waals surface area contributed by atoms with Gasteiger partial charge in [-0.25, -0.2) is 0 Å². The number of carbonyl (C=O) groups is 2. The number of hydrogen-bond donors (Lipinski definition) is 1. The fourth-order valence-electron chi connectivity index (χ4n) is 3.94. The van der Waals surface area contributed by atoms with Crippen molar-refractivity contribution in [2.24, 2.45) is 0 Å². The van der Waals surface area contributed by atoms with Gasteiger partial charge in [0.2, 0.25) is 5.91 Å². The van der Waals surface area contributed by atoms with Gasteiger partial charge in [-0.2, -0.15) is 0 Å². The van der Waals surface area contributed by atoms with E-state index in [2.05, 4.69) is 5.32 Å². The van der Waals surface area contributed by atoms with Crippen LogP contribution < -0.4 is 10.1 Å². The number of nitrogens with zero attached hydrogens (tertiary/aromatic N) is 1. The van der Waals surface area contributed by atoms with Crippen LogP contribution in [-0.4, -0.2) is 35.4 Å². The minimum Gasteiger partial charge on any atom is -0.484 e. The lowest BCUT2D eigenvalue weighted by atomic mass is 10.1. The second-order valence-corrected chi connectivity index (χ2v) is 8.60. The van der Waals surface area contributed by atoms with Crippen LogP contribution in [0.2, 0.25) is 5.02 Å². The minimum absolute atomic E-state index is 0.0821. The molecule has 0 heterocycles. The SMILES string of the molecule is CCC(C(=O)NC1CCCC1)N(Cc1ccc(C)cc1)C(=O)COc1ccc(Cl)cc1. The molecular weight excluding hydrogens is 412 g/mol. The van der Waals surface area contributed by atoms with Gasteiger partial charge in [-0.1, -0.05) is 61.2 Å². The number of carbonyl (C=O) groups excluding carboxylic acids is 2. The fraction of sp³-hybridized carbons (Fsp3) is 0.440. The first-order valence-corrected chi connectivity index (χ1v) is 11.4. The first-order chi connectivity index (χ1) is 15.0. The second kappa shape index (κ2) is 11.2. The van der Waals surface area contributed by atoms with Gasteiger partial charge in [0.1, 0.15) is 11.8 Å². The van der Waals surface area contributed by atoms with Crippen LogP contribution in [0.4, 0.5) is 0 Å². The Bertz CT molecular complexity index is 861. The van der Waals surface area contributed by atoms with Gasteiger partial charge in [0.25, 0.3) is 5.91 Å². The molecule has 0 spiro atoms. The highest BCUT2D eigenvalue weighted by atomic mass is 35.5. The van der Waals surface area contributed by atoms with Crippen LogP contribution in [0.25, 0.3) is 0 Å². The van der Waals surface area contributed by atoms with Crippen molar-refractivity contribution < 1.29 is 14.3 Å². The van der Waals surface area contributed by atoms with Crippen LogP contribution >= 0.6 is 11.6 Å². The maximum absolute atomic E-state index is 13.2. The van der Waals surface area contributed by atoms with Gasteiger partial charge in [0, 0.05) is 17.6 Å². The number of benzene rings is 2. The molecular formula is C25H31ClN2O3. The lowest BCUT2D eigenvalue weighted by molar-refractivity contribution is -0.143. The van der Waals surface area contributed by atoms with Crippen LogP contribution in [0.15, 0.2) is 48.5 Å². The Kier molecular flexibility index (Phi) is 8.35. The molecule has 2 aromatic carbocycles. The smallest absolute Gasteiger partial charge is 0.261 e. The van der Waals surface area contributed by atoms with Gasteiger partial charge in [-0.05, 0) is 56.0 Å². The topological polar surface area (TPSA) is 58.6 Å². The molecule has 2 amide bonds. The molecule has 1 fully saturated rings. The normalized spacial score (nSPS) is 14.8. The summed E-state index contributed by atoms with van der Waals surface area (Å²) in [4.78, 5) is 27.9. The monoisotopic (exact) mass is 442 g/mol. The van der Waals surface area contributed by atoms with Gasteiger partial charge in [-0.15, -0.1) is 0 Å². The number of rotatable bonds is 9. The number of aryl methyl sites for hydroxylation is 1. The van der Waals surface area contributed by atoms with Crippen molar-refractivity contribution in [2.45, 2.75) is 64.6 Å². The van der Waals surface area contributed by atoms with E-state index in [1.807, 2.05) is 38.1 Å². The Morgan fingerprint density at radius 2 is 1.74 bits per heavy atom. The third-order valence-electron chi connectivity index (χ3n) is 5.74. The van der Waals surface area contributed by atoms with E-state index < -0.39 is 6.04 Å². The molecule has 2 aromatic rings. The lowest BCUT2D eigenvalue weighted by Gasteiger charge is -2.31. The van der Waals surface area contributed by atoms with Crippen molar-refractivity contribution in [1.29, 1.82) is 0 Å². The lowest BCUT2D eigenvalue weighted by Crippen LogP contribution is -2.52. The van der Waals surface area contributed by atoms with E-state index in [1.54, 1.807) is 29.2 Å². The third kappa shape index (κ3) is 6.73. The third-order valence-corrected chi connectivity index (χ3v) is 5.99. The Labute approximate surface area is 189 Å². The first-order valence-electron chi connectivity index (χ1n) is 11.0. The zero-order valence-electron chi connectivity index (χ0n) is 18.3. The largest absolute Gasteiger partial charge is 0.484 e. The van der Waals surface area contributed by atoms with Crippen molar-refractivity contribution in [2.75, 3.05) is 6.61 Å². The molecule has 0 aromatic heterocycles. The van der Waals surface area contributed by atoms with E-state index in [0.717, 1.165) is 36.8 Å². The molecule has 1 N–H and O–H groups in total. The van der Waals surface area contributed by atoms with Crippen LogP contribution in [0.3, 0.4) is 0 Å². The quantitative estimate of drug-likeness (QED) is 0.601. The molecule has 1 saturated carbocycles. The standard InChI is InChI=1S/C25H31ClN2O3/c1-3-23(25(30)27-21-6-4-5-7-21)28(16-19-10-8-18(2)9-11-19)24(29)17-31-22-14-12-20(26)13-15-22/h8-15,21,23H,3-7,16-17H2,1-2H3,(H,27,30). The molecule has 5 nitrogen and oxygen atoms in total. The maximum atomic E-state index is 13.2. The Morgan fingerprint density at radius 1 is 1.10 bits per heavy atom. The number of halogens is 1. The minimum atomic E-state index is -0.539. The van der Waals surface area contributed by atoms with Gasteiger partial charge in [-0.3, -0.25) is 9.59 Å². The number of amides is 2. The Hall–Kier alpha value is -2.53. The molecule has 1 atom stereocenters. The van der Waals surface area contributed by atoms with E-state index in [-0.39, 0.29) is 24.5 Å². The zero-order chi connectivity index (χ0) is 22.2. The predicted molar refractivity (Wildman–Crippen MR) is 123 cm³/mol. The summed E-state index contributed by atoms with van der Waals surface area (Å²) in [5.41, 5.74) is 2.14. The number of ether oxygens (including phenoxy) is 1. The highest BCUT2D eigenvalue weighted by Crippen LogP contribution is 2.20. The summed E-state index contributed by atoms with van der Waals surface area (Å²) in [7, 11) is 0. The van der Waals surface area contributed by atoms with E-state index in [4.69, 9.17) is 16.3 Å². The van der Waals surface area contributed by atoms with Gasteiger partial charge < -0.3 is 15.0 Å². The summed E-state index contributed by atoms with van der Waals surface area (Å²) in [6.07, 6.45) is 4.84. The van der Waals surface area contributed by atoms with Gasteiger partial charge in [0.05, 0.1) is 0 Å². The zero-order valence-corrected chi connectivity index (χ0v) is 19.0. The van der Waals surface area contributed by atoms with E-state index in [9.17, 15) is 9.59 Å². The van der Waals surface area contributed by atoms with E-state index >= 15 is 0 Å². The molecule has 6 heteroatoms. The molecule has 1 aliphatic rings. The average Bonchev–Trinajstić information content (AvgIpc) is 3.27. The summed E-state index contributed by atoms with van der Waals surface area (Å²) >= 11 is 5.92. The van der Waals surface area contributed by atoms with Crippen LogP contribution in [0.1, 0.15) is 50.2 Å². The van der Waals surface area contributed by atoms with Crippen molar-refractivity contribution in [3.05, 3.63) is 64.7 Å².